The van der Waals surface area contributed by atoms with Crippen LogP contribution in [0.3, 0.4) is 0 Å². The summed E-state index contributed by atoms with van der Waals surface area (Å²) in [4.78, 5) is 1.24. The smallest absolute Gasteiger partial charge is 0.118 e. The van der Waals surface area contributed by atoms with Crippen LogP contribution in [0.1, 0.15) is 22.9 Å². The van der Waals surface area contributed by atoms with Gasteiger partial charge >= 0.3 is 0 Å². The fourth-order valence-corrected chi connectivity index (χ4v) is 3.73. The van der Waals surface area contributed by atoms with Crippen molar-refractivity contribution < 1.29 is 4.74 Å². The van der Waals surface area contributed by atoms with Gasteiger partial charge in [-0.3, -0.25) is 5.01 Å². The Morgan fingerprint density at radius 2 is 1.79 bits per heavy atom. The van der Waals surface area contributed by atoms with Crippen LogP contribution in [0.4, 0.5) is 5.69 Å². The Hall–Kier alpha value is -2.59. The number of hydrazone groups is 1. The Morgan fingerprint density at radius 3 is 2.46 bits per heavy atom. The molecule has 0 saturated heterocycles. The zero-order valence-corrected chi connectivity index (χ0v) is 14.2. The number of hydrogen-bond donors (Lipinski definition) is 0. The van der Waals surface area contributed by atoms with Gasteiger partial charge in [0.15, 0.2) is 0 Å². The van der Waals surface area contributed by atoms with E-state index in [0.717, 1.165) is 23.6 Å². The molecular weight excluding hydrogens is 316 g/mol. The van der Waals surface area contributed by atoms with Crippen molar-refractivity contribution in [2.24, 2.45) is 5.10 Å². The Morgan fingerprint density at radius 1 is 1.00 bits per heavy atom. The number of anilines is 1. The normalized spacial score (nSPS) is 17.0. The van der Waals surface area contributed by atoms with Crippen LogP contribution in [0.2, 0.25) is 0 Å². The van der Waals surface area contributed by atoms with E-state index in [1.165, 1.54) is 10.4 Å². The highest BCUT2D eigenvalue weighted by Crippen LogP contribution is 2.37. The van der Waals surface area contributed by atoms with Crippen LogP contribution in [-0.4, -0.2) is 12.8 Å². The molecule has 4 heteroatoms. The van der Waals surface area contributed by atoms with Crippen molar-refractivity contribution in [2.45, 2.75) is 12.5 Å². The molecule has 1 aliphatic rings. The van der Waals surface area contributed by atoms with Crippen molar-refractivity contribution in [3.05, 3.63) is 82.6 Å². The third kappa shape index (κ3) is 2.81. The predicted molar refractivity (Wildman–Crippen MR) is 100 cm³/mol. The number of nitrogens with zero attached hydrogens (tertiary/aromatic N) is 2. The monoisotopic (exact) mass is 334 g/mol. The lowest BCUT2D eigenvalue weighted by atomic mass is 10.0. The highest BCUT2D eigenvalue weighted by molar-refractivity contribution is 7.12. The molecule has 0 unspecified atom stereocenters. The standard InChI is InChI=1S/C20H18N2OS/c1-23-17-11-9-15(10-12-17)19-14-18(20-8-5-13-24-20)21-22(19)16-6-3-2-4-7-16/h2-13,19H,14H2,1H3/t19-/m1/s1. The van der Waals surface area contributed by atoms with Crippen molar-refractivity contribution >= 4 is 22.7 Å². The summed E-state index contributed by atoms with van der Waals surface area (Å²) in [6.07, 6.45) is 0.905. The molecule has 24 heavy (non-hydrogen) atoms. The van der Waals surface area contributed by atoms with Gasteiger partial charge in [0.25, 0.3) is 0 Å². The Balaban J connectivity index is 1.71. The highest BCUT2D eigenvalue weighted by atomic mass is 32.1. The van der Waals surface area contributed by atoms with Gasteiger partial charge in [-0.15, -0.1) is 11.3 Å². The van der Waals surface area contributed by atoms with Crippen molar-refractivity contribution in [1.29, 1.82) is 0 Å². The summed E-state index contributed by atoms with van der Waals surface area (Å²) in [7, 11) is 1.69. The molecule has 0 spiro atoms. The van der Waals surface area contributed by atoms with Crippen molar-refractivity contribution in [2.75, 3.05) is 12.1 Å². The third-order valence-corrected chi connectivity index (χ3v) is 5.16. The lowest BCUT2D eigenvalue weighted by molar-refractivity contribution is 0.414. The summed E-state index contributed by atoms with van der Waals surface area (Å²) in [5, 5.41) is 9.17. The summed E-state index contributed by atoms with van der Waals surface area (Å²) in [5.41, 5.74) is 3.51. The average Bonchev–Trinajstić information content (AvgIpc) is 3.32. The first-order valence-corrected chi connectivity index (χ1v) is 8.83. The molecule has 2 aromatic carbocycles. The van der Waals surface area contributed by atoms with Crippen molar-refractivity contribution in [1.82, 2.24) is 0 Å². The fourth-order valence-electron chi connectivity index (χ4n) is 3.01. The summed E-state index contributed by atoms with van der Waals surface area (Å²) >= 11 is 1.74. The second-order valence-corrected chi connectivity index (χ2v) is 6.64. The molecule has 0 fully saturated rings. The lowest BCUT2D eigenvalue weighted by Crippen LogP contribution is -2.18. The molecule has 0 amide bonds. The number of rotatable bonds is 4. The number of ether oxygens (including phenoxy) is 1. The maximum atomic E-state index is 5.28. The van der Waals surface area contributed by atoms with Crippen LogP contribution in [0.25, 0.3) is 0 Å². The van der Waals surface area contributed by atoms with E-state index in [0.29, 0.717) is 0 Å². The van der Waals surface area contributed by atoms with E-state index in [9.17, 15) is 0 Å². The minimum Gasteiger partial charge on any atom is -0.497 e. The number of hydrogen-bond acceptors (Lipinski definition) is 4. The highest BCUT2D eigenvalue weighted by Gasteiger charge is 2.30. The van der Waals surface area contributed by atoms with E-state index >= 15 is 0 Å². The van der Waals surface area contributed by atoms with Gasteiger partial charge < -0.3 is 4.74 Å². The number of benzene rings is 2. The first-order chi connectivity index (χ1) is 11.8. The quantitative estimate of drug-likeness (QED) is 0.662. The van der Waals surface area contributed by atoms with Gasteiger partial charge in [0.2, 0.25) is 0 Å². The van der Waals surface area contributed by atoms with E-state index in [4.69, 9.17) is 9.84 Å². The van der Waals surface area contributed by atoms with Crippen LogP contribution >= 0.6 is 11.3 Å². The average molecular weight is 334 g/mol. The molecule has 4 rings (SSSR count). The summed E-state index contributed by atoms with van der Waals surface area (Å²) in [5.74, 6) is 0.877. The van der Waals surface area contributed by atoms with Gasteiger partial charge in [-0.2, -0.15) is 5.10 Å². The lowest BCUT2D eigenvalue weighted by Gasteiger charge is -2.24. The van der Waals surface area contributed by atoms with Crippen LogP contribution in [0.5, 0.6) is 5.75 Å². The minimum atomic E-state index is 0.204. The topological polar surface area (TPSA) is 24.8 Å². The van der Waals surface area contributed by atoms with E-state index in [1.54, 1.807) is 18.4 Å². The van der Waals surface area contributed by atoms with E-state index in [1.807, 2.05) is 18.2 Å². The van der Waals surface area contributed by atoms with E-state index in [-0.39, 0.29) is 6.04 Å². The summed E-state index contributed by atoms with van der Waals surface area (Å²) < 4.78 is 5.28. The fraction of sp³-hybridized carbons (Fsp3) is 0.150. The SMILES string of the molecule is COc1ccc([C@H]2CC(c3cccs3)=NN2c2ccccc2)cc1. The number of para-hydroxylation sites is 1. The van der Waals surface area contributed by atoms with Crippen molar-refractivity contribution in [3.63, 3.8) is 0 Å². The molecule has 3 aromatic rings. The summed E-state index contributed by atoms with van der Waals surface area (Å²) in [6, 6.07) is 23.1. The molecule has 0 saturated carbocycles. The first kappa shape index (κ1) is 15.0. The first-order valence-electron chi connectivity index (χ1n) is 7.95. The Bertz CT molecular complexity index is 826. The minimum absolute atomic E-state index is 0.204. The maximum Gasteiger partial charge on any atom is 0.118 e. The second kappa shape index (κ2) is 6.49. The molecule has 1 atom stereocenters. The van der Waals surface area contributed by atoms with Gasteiger partial charge in [0.05, 0.1) is 29.4 Å². The zero-order chi connectivity index (χ0) is 16.4. The van der Waals surface area contributed by atoms with E-state index < -0.39 is 0 Å². The van der Waals surface area contributed by atoms with Crippen LogP contribution in [0, 0.1) is 0 Å². The number of methoxy groups -OCH3 is 1. The zero-order valence-electron chi connectivity index (χ0n) is 13.4. The van der Waals surface area contributed by atoms with Crippen LogP contribution in [-0.2, 0) is 0 Å². The van der Waals surface area contributed by atoms with Gasteiger partial charge in [-0.25, -0.2) is 0 Å². The van der Waals surface area contributed by atoms with Gasteiger partial charge in [0, 0.05) is 6.42 Å². The number of thiophene rings is 1. The van der Waals surface area contributed by atoms with Gasteiger partial charge in [-0.1, -0.05) is 36.4 Å². The molecule has 0 bridgehead atoms. The largest absolute Gasteiger partial charge is 0.497 e. The third-order valence-electron chi connectivity index (χ3n) is 4.24. The molecule has 1 aromatic heterocycles. The van der Waals surface area contributed by atoms with Gasteiger partial charge in [-0.05, 0) is 41.3 Å². The molecule has 0 N–H and O–H groups in total. The molecule has 1 aliphatic heterocycles. The second-order valence-electron chi connectivity index (χ2n) is 5.70. The van der Waals surface area contributed by atoms with Crippen LogP contribution in [0.15, 0.2) is 77.2 Å². The molecular formula is C20H18N2OS. The molecule has 2 heterocycles. The van der Waals surface area contributed by atoms with Crippen molar-refractivity contribution in [3.8, 4) is 5.75 Å². The Kier molecular flexibility index (Phi) is 4.05. The maximum absolute atomic E-state index is 5.28. The van der Waals surface area contributed by atoms with E-state index in [2.05, 4.69) is 58.9 Å². The molecule has 0 radical (unpaired) electrons. The summed E-state index contributed by atoms with van der Waals surface area (Å²) in [6.45, 7) is 0. The van der Waals surface area contributed by atoms with Gasteiger partial charge in [0.1, 0.15) is 5.75 Å². The predicted octanol–water partition coefficient (Wildman–Crippen LogP) is 5.11. The molecule has 0 aliphatic carbocycles. The Labute approximate surface area is 145 Å². The van der Waals surface area contributed by atoms with Crippen LogP contribution < -0.4 is 9.75 Å². The molecule has 120 valence electrons. The molecule has 3 nitrogen and oxygen atoms in total.